The molecular formula is C23H27N3O2S2. The second-order valence-electron chi connectivity index (χ2n) is 9.03. The van der Waals surface area contributed by atoms with Crippen molar-refractivity contribution in [3.05, 3.63) is 59.4 Å². The number of hydrogen-bond acceptors (Lipinski definition) is 6. The van der Waals surface area contributed by atoms with Gasteiger partial charge in [-0.15, -0.1) is 11.8 Å². The Morgan fingerprint density at radius 3 is 2.63 bits per heavy atom. The maximum Gasteiger partial charge on any atom is 0.226 e. The number of nitrogens with one attached hydrogen (secondary N) is 1. The number of benzene rings is 1. The van der Waals surface area contributed by atoms with Crippen LogP contribution in [0.5, 0.6) is 0 Å². The number of amides is 1. The van der Waals surface area contributed by atoms with E-state index in [9.17, 15) is 4.79 Å². The van der Waals surface area contributed by atoms with E-state index < -0.39 is 0 Å². The van der Waals surface area contributed by atoms with Gasteiger partial charge in [-0.05, 0) is 35.3 Å². The summed E-state index contributed by atoms with van der Waals surface area (Å²) in [5.74, 6) is 2.71. The monoisotopic (exact) mass is 441 g/mol. The Morgan fingerprint density at radius 1 is 1.20 bits per heavy atom. The molecule has 0 spiro atoms. The van der Waals surface area contributed by atoms with Crippen LogP contribution in [0.3, 0.4) is 0 Å². The summed E-state index contributed by atoms with van der Waals surface area (Å²) in [5.41, 5.74) is 2.93. The highest BCUT2D eigenvalue weighted by atomic mass is 32.2. The highest BCUT2D eigenvalue weighted by molar-refractivity contribution is 8.00. The summed E-state index contributed by atoms with van der Waals surface area (Å²) in [6, 6.07) is 8.47. The lowest BCUT2D eigenvalue weighted by molar-refractivity contribution is -0.117. The van der Waals surface area contributed by atoms with E-state index in [1.54, 1.807) is 18.0 Å². The fourth-order valence-electron chi connectivity index (χ4n) is 3.76. The molecule has 1 amide bonds. The summed E-state index contributed by atoms with van der Waals surface area (Å²) in [5, 5.41) is 3.61. The van der Waals surface area contributed by atoms with Gasteiger partial charge in [-0.3, -0.25) is 4.79 Å². The first-order valence-electron chi connectivity index (χ1n) is 10.2. The van der Waals surface area contributed by atoms with Crippen LogP contribution >= 0.6 is 23.1 Å². The average molecular weight is 442 g/mol. The summed E-state index contributed by atoms with van der Waals surface area (Å²) in [4.78, 5) is 21.2. The van der Waals surface area contributed by atoms with Crippen molar-refractivity contribution in [2.75, 3.05) is 5.32 Å². The predicted octanol–water partition coefficient (Wildman–Crippen LogP) is 5.76. The Morgan fingerprint density at radius 2 is 1.93 bits per heavy atom. The van der Waals surface area contributed by atoms with Gasteiger partial charge in [-0.25, -0.2) is 9.97 Å². The minimum Gasteiger partial charge on any atom is -0.445 e. The molecule has 1 aliphatic carbocycles. The quantitative estimate of drug-likeness (QED) is 0.472. The van der Waals surface area contributed by atoms with E-state index in [1.807, 2.05) is 6.20 Å². The fourth-order valence-corrected chi connectivity index (χ4v) is 5.50. The van der Waals surface area contributed by atoms with E-state index in [4.69, 9.17) is 4.42 Å². The summed E-state index contributed by atoms with van der Waals surface area (Å²) in [6.45, 7) is 6.55. The predicted molar refractivity (Wildman–Crippen MR) is 122 cm³/mol. The van der Waals surface area contributed by atoms with Gasteiger partial charge in [-0.2, -0.15) is 0 Å². The fraction of sp³-hybridized carbons (Fsp3) is 0.435. The first kappa shape index (κ1) is 21.1. The molecule has 0 radical (unpaired) electrons. The van der Waals surface area contributed by atoms with Crippen molar-refractivity contribution in [3.8, 4) is 0 Å². The molecule has 0 bridgehead atoms. The molecular weight excluding hydrogens is 414 g/mol. The molecule has 1 aliphatic rings. The van der Waals surface area contributed by atoms with Crippen LogP contribution in [-0.2, 0) is 29.8 Å². The summed E-state index contributed by atoms with van der Waals surface area (Å²) in [6.07, 6.45) is 6.99. The molecule has 5 nitrogen and oxygen atoms in total. The normalized spacial score (nSPS) is 14.1. The van der Waals surface area contributed by atoms with Gasteiger partial charge in [0.2, 0.25) is 11.8 Å². The van der Waals surface area contributed by atoms with Gasteiger partial charge in [0.05, 0.1) is 22.4 Å². The lowest BCUT2D eigenvalue weighted by Gasteiger charge is -2.15. The molecule has 1 aromatic carbocycles. The molecule has 1 N–H and O–H groups in total. The topological polar surface area (TPSA) is 68.0 Å². The van der Waals surface area contributed by atoms with Crippen molar-refractivity contribution in [1.29, 1.82) is 0 Å². The number of aromatic nitrogens is 2. The van der Waals surface area contributed by atoms with E-state index >= 15 is 0 Å². The van der Waals surface area contributed by atoms with E-state index in [2.05, 4.69) is 60.3 Å². The second-order valence-corrected chi connectivity index (χ2v) is 11.3. The van der Waals surface area contributed by atoms with Gasteiger partial charge < -0.3 is 9.73 Å². The Hall–Kier alpha value is -2.12. The van der Waals surface area contributed by atoms with Crippen LogP contribution in [0.25, 0.3) is 0 Å². The van der Waals surface area contributed by atoms with E-state index in [1.165, 1.54) is 22.5 Å². The van der Waals surface area contributed by atoms with Gasteiger partial charge in [0.15, 0.2) is 5.13 Å². The number of fused-ring (bicyclic) bond motifs is 1. The van der Waals surface area contributed by atoms with Gasteiger partial charge in [0.1, 0.15) is 5.76 Å². The first-order valence-corrected chi connectivity index (χ1v) is 12.0. The maximum absolute atomic E-state index is 12.4. The Balaban J connectivity index is 1.24. The summed E-state index contributed by atoms with van der Waals surface area (Å²) >= 11 is 3.12. The number of thiazole rings is 1. The van der Waals surface area contributed by atoms with Crippen LogP contribution in [0.2, 0.25) is 0 Å². The molecule has 2 heterocycles. The van der Waals surface area contributed by atoms with E-state index in [-0.39, 0.29) is 11.3 Å². The average Bonchev–Trinajstić information content (AvgIpc) is 3.38. The highest BCUT2D eigenvalue weighted by Crippen LogP contribution is 2.32. The molecule has 3 aromatic rings. The Bertz CT molecular complexity index is 994. The van der Waals surface area contributed by atoms with Gasteiger partial charge in [0, 0.05) is 12.8 Å². The van der Waals surface area contributed by atoms with Crippen molar-refractivity contribution < 1.29 is 9.21 Å². The summed E-state index contributed by atoms with van der Waals surface area (Å²) in [7, 11) is 0. The number of nitrogens with zero attached hydrogens (tertiary/aromatic N) is 2. The Kier molecular flexibility index (Phi) is 6.29. The SMILES string of the molecule is CC(C)(C)Cc1cnc(CSc2cnc(NC(=O)CC3Cc4ccccc4C3)s2)o1. The molecule has 0 aliphatic heterocycles. The number of rotatable bonds is 7. The third kappa shape index (κ3) is 5.73. The lowest BCUT2D eigenvalue weighted by Crippen LogP contribution is -2.16. The van der Waals surface area contributed by atoms with Crippen LogP contribution in [0.4, 0.5) is 5.13 Å². The van der Waals surface area contributed by atoms with Crippen molar-refractivity contribution in [2.24, 2.45) is 11.3 Å². The largest absolute Gasteiger partial charge is 0.445 e. The minimum absolute atomic E-state index is 0.0400. The number of oxazole rings is 1. The molecule has 0 atom stereocenters. The number of anilines is 1. The zero-order chi connectivity index (χ0) is 21.1. The van der Waals surface area contributed by atoms with E-state index in [0.717, 1.165) is 35.1 Å². The van der Waals surface area contributed by atoms with E-state index in [0.29, 0.717) is 23.2 Å². The summed E-state index contributed by atoms with van der Waals surface area (Å²) < 4.78 is 6.87. The van der Waals surface area contributed by atoms with Crippen LogP contribution < -0.4 is 5.32 Å². The third-order valence-electron chi connectivity index (χ3n) is 4.98. The molecule has 0 fully saturated rings. The molecule has 0 saturated heterocycles. The minimum atomic E-state index is 0.0400. The number of carbonyl (C=O) groups is 1. The molecule has 158 valence electrons. The Labute approximate surface area is 185 Å². The van der Waals surface area contributed by atoms with Crippen LogP contribution in [0.1, 0.15) is 50.0 Å². The maximum atomic E-state index is 12.4. The standard InChI is InChI=1S/C23H27N3O2S2/c1-23(2,3)11-18-12-24-20(28-18)14-29-21-13-25-22(30-21)26-19(27)10-15-8-16-6-4-5-7-17(16)9-15/h4-7,12-13,15H,8-11,14H2,1-3H3,(H,25,26,27). The van der Waals surface area contributed by atoms with Gasteiger partial charge in [-0.1, -0.05) is 56.4 Å². The van der Waals surface area contributed by atoms with Crippen molar-refractivity contribution in [1.82, 2.24) is 9.97 Å². The molecule has 0 saturated carbocycles. The smallest absolute Gasteiger partial charge is 0.226 e. The third-order valence-corrected chi connectivity index (χ3v) is 7.08. The number of hydrogen-bond donors (Lipinski definition) is 1. The first-order chi connectivity index (χ1) is 14.3. The van der Waals surface area contributed by atoms with Crippen molar-refractivity contribution in [2.45, 2.75) is 56.4 Å². The zero-order valence-electron chi connectivity index (χ0n) is 17.6. The highest BCUT2D eigenvalue weighted by Gasteiger charge is 2.23. The number of thioether (sulfide) groups is 1. The van der Waals surface area contributed by atoms with Crippen molar-refractivity contribution in [3.63, 3.8) is 0 Å². The molecule has 0 unspecified atom stereocenters. The molecule has 2 aromatic heterocycles. The van der Waals surface area contributed by atoms with Crippen LogP contribution in [0, 0.1) is 11.3 Å². The number of carbonyl (C=O) groups excluding carboxylic acids is 1. The van der Waals surface area contributed by atoms with Crippen molar-refractivity contribution >= 4 is 34.1 Å². The van der Waals surface area contributed by atoms with Gasteiger partial charge >= 0.3 is 0 Å². The molecule has 7 heteroatoms. The molecule has 30 heavy (non-hydrogen) atoms. The second kappa shape index (κ2) is 8.94. The van der Waals surface area contributed by atoms with Crippen LogP contribution in [0.15, 0.2) is 45.3 Å². The zero-order valence-corrected chi connectivity index (χ0v) is 19.2. The lowest BCUT2D eigenvalue weighted by atomic mass is 9.91. The molecule has 4 rings (SSSR count). The van der Waals surface area contributed by atoms with Crippen LogP contribution in [-0.4, -0.2) is 15.9 Å². The van der Waals surface area contributed by atoms with Gasteiger partial charge in [0.25, 0.3) is 0 Å².